The van der Waals surface area contributed by atoms with Crippen LogP contribution in [-0.2, 0) is 0 Å². The van der Waals surface area contributed by atoms with E-state index in [9.17, 15) is 5.11 Å². The van der Waals surface area contributed by atoms with Gasteiger partial charge in [-0.05, 0) is 24.6 Å². The van der Waals surface area contributed by atoms with Crippen LogP contribution in [0.4, 0.5) is 0 Å². The van der Waals surface area contributed by atoms with Crippen LogP contribution < -0.4 is 5.32 Å². The topological polar surface area (TPSA) is 32.3 Å². The van der Waals surface area contributed by atoms with Crippen molar-refractivity contribution in [2.45, 2.75) is 18.9 Å². The molecule has 1 saturated heterocycles. The van der Waals surface area contributed by atoms with E-state index in [1.807, 2.05) is 25.1 Å². The summed E-state index contributed by atoms with van der Waals surface area (Å²) in [5.41, 5.74) is 1.14. The third-order valence-electron chi connectivity index (χ3n) is 3.25. The molecule has 0 bridgehead atoms. The van der Waals surface area contributed by atoms with Crippen LogP contribution in [0.5, 0.6) is 0 Å². The van der Waals surface area contributed by atoms with Crippen molar-refractivity contribution in [2.75, 3.05) is 13.1 Å². The van der Waals surface area contributed by atoms with Crippen molar-refractivity contribution in [1.82, 2.24) is 5.32 Å². The Labute approximate surface area is 106 Å². The van der Waals surface area contributed by atoms with E-state index in [1.54, 1.807) is 0 Å². The normalized spacial score (nSPS) is 27.0. The fourth-order valence-corrected chi connectivity index (χ4v) is 2.62. The number of hydrogen-bond donors (Lipinski definition) is 2. The average molecular weight is 260 g/mol. The Hall–Kier alpha value is -0.280. The molecule has 0 saturated carbocycles. The van der Waals surface area contributed by atoms with Gasteiger partial charge < -0.3 is 10.4 Å². The molecule has 0 radical (unpaired) electrons. The summed E-state index contributed by atoms with van der Waals surface area (Å²) in [4.78, 5) is 0. The lowest BCUT2D eigenvalue weighted by atomic mass is 9.86. The largest absolute Gasteiger partial charge is 0.393 e. The minimum atomic E-state index is -0.311. The van der Waals surface area contributed by atoms with Crippen LogP contribution in [0.2, 0.25) is 10.0 Å². The van der Waals surface area contributed by atoms with E-state index in [4.69, 9.17) is 23.2 Å². The van der Waals surface area contributed by atoms with E-state index in [-0.39, 0.29) is 12.0 Å². The van der Waals surface area contributed by atoms with Gasteiger partial charge in [-0.2, -0.15) is 0 Å². The molecule has 2 rings (SSSR count). The third kappa shape index (κ3) is 2.35. The van der Waals surface area contributed by atoms with Gasteiger partial charge in [0.15, 0.2) is 0 Å². The Morgan fingerprint density at radius 1 is 1.31 bits per heavy atom. The maximum atomic E-state index is 9.71. The molecule has 0 spiro atoms. The second kappa shape index (κ2) is 4.92. The lowest BCUT2D eigenvalue weighted by Crippen LogP contribution is -2.23. The van der Waals surface area contributed by atoms with Crippen molar-refractivity contribution >= 4 is 23.2 Å². The first kappa shape index (κ1) is 12.2. The van der Waals surface area contributed by atoms with E-state index < -0.39 is 0 Å². The zero-order valence-corrected chi connectivity index (χ0v) is 10.6. The number of nitrogens with one attached hydrogen (secondary N) is 1. The van der Waals surface area contributed by atoms with Crippen molar-refractivity contribution in [3.05, 3.63) is 33.8 Å². The van der Waals surface area contributed by atoms with Crippen LogP contribution in [0.1, 0.15) is 18.4 Å². The monoisotopic (exact) mass is 259 g/mol. The highest BCUT2D eigenvalue weighted by Gasteiger charge is 2.31. The van der Waals surface area contributed by atoms with Gasteiger partial charge >= 0.3 is 0 Å². The van der Waals surface area contributed by atoms with Gasteiger partial charge in [-0.1, -0.05) is 29.3 Å². The molecule has 16 heavy (non-hydrogen) atoms. The molecule has 2 nitrogen and oxygen atoms in total. The molecule has 0 aromatic heterocycles. The minimum absolute atomic E-state index is 0.247. The van der Waals surface area contributed by atoms with Gasteiger partial charge in [-0.15, -0.1) is 0 Å². The predicted octanol–water partition coefficient (Wildman–Crippen LogP) is 2.68. The van der Waals surface area contributed by atoms with Gasteiger partial charge in [0.05, 0.1) is 16.1 Å². The summed E-state index contributed by atoms with van der Waals surface area (Å²) < 4.78 is 0. The van der Waals surface area contributed by atoms with Gasteiger partial charge in [0, 0.05) is 24.9 Å². The zero-order chi connectivity index (χ0) is 11.7. The van der Waals surface area contributed by atoms with E-state index in [2.05, 4.69) is 5.32 Å². The maximum Gasteiger partial charge on any atom is 0.0595 e. The first-order chi connectivity index (χ1) is 7.59. The highest BCUT2D eigenvalue weighted by Crippen LogP contribution is 2.33. The Morgan fingerprint density at radius 2 is 2.06 bits per heavy atom. The SMILES string of the molecule is C[C@@H](O)[C@@H]1CNC[C@@H]1c1ccc(Cl)c(Cl)c1. The van der Waals surface area contributed by atoms with Crippen molar-refractivity contribution in [3.8, 4) is 0 Å². The van der Waals surface area contributed by atoms with Crippen LogP contribution in [-0.4, -0.2) is 24.3 Å². The predicted molar refractivity (Wildman–Crippen MR) is 67.2 cm³/mol. The molecule has 1 aromatic carbocycles. The molecule has 1 aromatic rings. The van der Waals surface area contributed by atoms with Crippen LogP contribution in [0.3, 0.4) is 0 Å². The van der Waals surface area contributed by atoms with Gasteiger partial charge in [0.1, 0.15) is 0 Å². The fourth-order valence-electron chi connectivity index (χ4n) is 2.31. The summed E-state index contributed by atoms with van der Waals surface area (Å²) in [7, 11) is 0. The highest BCUT2D eigenvalue weighted by molar-refractivity contribution is 6.42. The molecule has 1 aliphatic rings. The van der Waals surface area contributed by atoms with Crippen LogP contribution in [0, 0.1) is 5.92 Å². The molecule has 3 atom stereocenters. The molecule has 0 aliphatic carbocycles. The van der Waals surface area contributed by atoms with Crippen LogP contribution in [0.25, 0.3) is 0 Å². The van der Waals surface area contributed by atoms with E-state index in [1.165, 1.54) is 0 Å². The molecule has 0 amide bonds. The lowest BCUT2D eigenvalue weighted by molar-refractivity contribution is 0.127. The summed E-state index contributed by atoms with van der Waals surface area (Å²) in [6.07, 6.45) is -0.311. The molecular weight excluding hydrogens is 245 g/mol. The Bertz CT molecular complexity index is 381. The van der Waals surface area contributed by atoms with E-state index in [0.717, 1.165) is 18.7 Å². The van der Waals surface area contributed by atoms with Crippen molar-refractivity contribution in [2.24, 2.45) is 5.92 Å². The lowest BCUT2D eigenvalue weighted by Gasteiger charge is -2.21. The van der Waals surface area contributed by atoms with E-state index >= 15 is 0 Å². The first-order valence-corrected chi connectivity index (χ1v) is 6.19. The molecular formula is C12H15Cl2NO. The molecule has 0 unspecified atom stereocenters. The number of aliphatic hydroxyl groups is 1. The summed E-state index contributed by atoms with van der Waals surface area (Å²) in [6.45, 7) is 3.57. The fraction of sp³-hybridized carbons (Fsp3) is 0.500. The molecule has 1 heterocycles. The maximum absolute atomic E-state index is 9.71. The number of hydrogen-bond acceptors (Lipinski definition) is 2. The van der Waals surface area contributed by atoms with Gasteiger partial charge in [0.25, 0.3) is 0 Å². The van der Waals surface area contributed by atoms with Crippen molar-refractivity contribution < 1.29 is 5.11 Å². The molecule has 88 valence electrons. The van der Waals surface area contributed by atoms with Crippen molar-refractivity contribution in [1.29, 1.82) is 0 Å². The summed E-state index contributed by atoms with van der Waals surface area (Å²) in [6, 6.07) is 5.70. The number of rotatable bonds is 2. The summed E-state index contributed by atoms with van der Waals surface area (Å²) in [5, 5.41) is 14.2. The van der Waals surface area contributed by atoms with Gasteiger partial charge in [0.2, 0.25) is 0 Å². The average Bonchev–Trinajstić information content (AvgIpc) is 2.71. The minimum Gasteiger partial charge on any atom is -0.393 e. The quantitative estimate of drug-likeness (QED) is 0.856. The summed E-state index contributed by atoms with van der Waals surface area (Å²) >= 11 is 11.9. The van der Waals surface area contributed by atoms with Crippen LogP contribution in [0.15, 0.2) is 18.2 Å². The van der Waals surface area contributed by atoms with Crippen molar-refractivity contribution in [3.63, 3.8) is 0 Å². The van der Waals surface area contributed by atoms with Crippen LogP contribution >= 0.6 is 23.2 Å². The molecule has 1 aliphatic heterocycles. The standard InChI is InChI=1S/C12H15Cl2NO/c1-7(16)9-5-15-6-10(9)8-2-3-11(13)12(14)4-8/h2-4,7,9-10,15-16H,5-6H2,1H3/t7-,9+,10-/m1/s1. The zero-order valence-electron chi connectivity index (χ0n) is 9.08. The second-order valence-corrected chi connectivity index (χ2v) is 5.16. The molecule has 4 heteroatoms. The Balaban J connectivity index is 2.26. The van der Waals surface area contributed by atoms with E-state index in [0.29, 0.717) is 16.0 Å². The number of benzene rings is 1. The number of aliphatic hydroxyl groups excluding tert-OH is 1. The Kier molecular flexibility index (Phi) is 3.75. The molecule has 1 fully saturated rings. The molecule has 2 N–H and O–H groups in total. The smallest absolute Gasteiger partial charge is 0.0595 e. The second-order valence-electron chi connectivity index (χ2n) is 4.34. The van der Waals surface area contributed by atoms with Gasteiger partial charge in [-0.25, -0.2) is 0 Å². The summed E-state index contributed by atoms with van der Waals surface area (Å²) in [5.74, 6) is 0.562. The third-order valence-corrected chi connectivity index (χ3v) is 3.99. The van der Waals surface area contributed by atoms with Gasteiger partial charge in [-0.3, -0.25) is 0 Å². The number of halogens is 2. The first-order valence-electron chi connectivity index (χ1n) is 5.43. The Morgan fingerprint density at radius 3 is 2.69 bits per heavy atom. The highest BCUT2D eigenvalue weighted by atomic mass is 35.5.